The molecule has 1 aromatic heterocycles. The van der Waals surface area contributed by atoms with E-state index in [4.69, 9.17) is 9.47 Å². The fourth-order valence-corrected chi connectivity index (χ4v) is 1.89. The first-order valence-electron chi connectivity index (χ1n) is 5.23. The fraction of sp³-hybridized carbons (Fsp3) is 0.250. The summed E-state index contributed by atoms with van der Waals surface area (Å²) in [5.41, 5.74) is 0. The highest BCUT2D eigenvalue weighted by Crippen LogP contribution is 2.25. The maximum absolute atomic E-state index is 5.65. The zero-order valence-electron chi connectivity index (χ0n) is 9.47. The number of para-hydroxylation sites is 2. The Labute approximate surface area is 114 Å². The van der Waals surface area contributed by atoms with Crippen LogP contribution in [-0.4, -0.2) is 23.5 Å². The van der Waals surface area contributed by atoms with E-state index in [2.05, 4.69) is 27.7 Å². The second kappa shape index (κ2) is 5.90. The van der Waals surface area contributed by atoms with Crippen molar-refractivity contribution < 1.29 is 9.47 Å². The average Bonchev–Trinajstić information content (AvgIpc) is 2.76. The normalized spacial score (nSPS) is 10.2. The van der Waals surface area contributed by atoms with E-state index in [1.165, 1.54) is 0 Å². The first-order valence-corrected chi connectivity index (χ1v) is 6.31. The van der Waals surface area contributed by atoms with Gasteiger partial charge in [0.25, 0.3) is 0 Å². The third kappa shape index (κ3) is 3.36. The van der Waals surface area contributed by atoms with E-state index in [9.17, 15) is 0 Å². The van der Waals surface area contributed by atoms with Crippen molar-refractivity contribution >= 4 is 22.6 Å². The highest BCUT2D eigenvalue weighted by Gasteiger charge is 2.02. The summed E-state index contributed by atoms with van der Waals surface area (Å²) in [6.45, 7) is 1.29. The molecule has 0 N–H and O–H groups in total. The van der Waals surface area contributed by atoms with E-state index in [0.717, 1.165) is 21.6 Å². The minimum Gasteiger partial charge on any atom is -0.493 e. The van der Waals surface area contributed by atoms with Crippen molar-refractivity contribution in [3.8, 4) is 11.5 Å². The number of halogens is 1. The standard InChI is InChI=1S/C12H13IN2O2/c1-16-11-4-2-3-5-12(11)17-7-6-15-9-10(13)8-14-15/h2-5,8-9H,6-7H2,1H3. The average molecular weight is 344 g/mol. The van der Waals surface area contributed by atoms with E-state index in [1.807, 2.05) is 41.3 Å². The van der Waals surface area contributed by atoms with Crippen molar-refractivity contribution in [3.05, 3.63) is 40.2 Å². The number of benzene rings is 1. The van der Waals surface area contributed by atoms with Gasteiger partial charge in [0.1, 0.15) is 6.61 Å². The smallest absolute Gasteiger partial charge is 0.161 e. The van der Waals surface area contributed by atoms with Crippen molar-refractivity contribution in [3.63, 3.8) is 0 Å². The molecule has 17 heavy (non-hydrogen) atoms. The summed E-state index contributed by atoms with van der Waals surface area (Å²) in [6, 6.07) is 7.62. The summed E-state index contributed by atoms with van der Waals surface area (Å²) in [7, 11) is 1.64. The molecule has 0 aliphatic rings. The van der Waals surface area contributed by atoms with Crippen molar-refractivity contribution in [2.24, 2.45) is 0 Å². The van der Waals surface area contributed by atoms with Crippen LogP contribution in [0.3, 0.4) is 0 Å². The first-order chi connectivity index (χ1) is 8.29. The fourth-order valence-electron chi connectivity index (χ4n) is 1.45. The van der Waals surface area contributed by atoms with Crippen LogP contribution in [0.4, 0.5) is 0 Å². The van der Waals surface area contributed by atoms with Crippen LogP contribution in [-0.2, 0) is 6.54 Å². The van der Waals surface area contributed by atoms with Gasteiger partial charge in [-0.15, -0.1) is 0 Å². The summed E-state index contributed by atoms with van der Waals surface area (Å²) >= 11 is 2.23. The number of rotatable bonds is 5. The number of hydrogen-bond acceptors (Lipinski definition) is 3. The number of hydrogen-bond donors (Lipinski definition) is 0. The lowest BCUT2D eigenvalue weighted by molar-refractivity contribution is 0.274. The Morgan fingerprint density at radius 1 is 1.29 bits per heavy atom. The van der Waals surface area contributed by atoms with Gasteiger partial charge < -0.3 is 9.47 Å². The van der Waals surface area contributed by atoms with E-state index in [-0.39, 0.29) is 0 Å². The molecule has 0 bridgehead atoms. The molecule has 2 aromatic rings. The van der Waals surface area contributed by atoms with Gasteiger partial charge in [0.2, 0.25) is 0 Å². The topological polar surface area (TPSA) is 36.3 Å². The highest BCUT2D eigenvalue weighted by atomic mass is 127. The lowest BCUT2D eigenvalue weighted by atomic mass is 10.3. The Balaban J connectivity index is 1.89. The molecule has 5 heteroatoms. The Morgan fingerprint density at radius 3 is 2.71 bits per heavy atom. The zero-order chi connectivity index (χ0) is 12.1. The van der Waals surface area contributed by atoms with Crippen molar-refractivity contribution in [1.82, 2.24) is 9.78 Å². The Bertz CT molecular complexity index is 485. The molecule has 2 rings (SSSR count). The molecule has 1 aromatic carbocycles. The summed E-state index contributed by atoms with van der Waals surface area (Å²) in [5, 5.41) is 4.19. The van der Waals surface area contributed by atoms with Gasteiger partial charge in [-0.25, -0.2) is 0 Å². The lowest BCUT2D eigenvalue weighted by Gasteiger charge is -2.09. The van der Waals surface area contributed by atoms with Crippen LogP contribution in [0.5, 0.6) is 11.5 Å². The van der Waals surface area contributed by atoms with Crippen LogP contribution in [0.2, 0.25) is 0 Å². The van der Waals surface area contributed by atoms with Crippen molar-refractivity contribution in [2.75, 3.05) is 13.7 Å². The Kier molecular flexibility index (Phi) is 4.24. The molecule has 0 saturated heterocycles. The van der Waals surface area contributed by atoms with Gasteiger partial charge >= 0.3 is 0 Å². The number of aromatic nitrogens is 2. The van der Waals surface area contributed by atoms with Gasteiger partial charge in [0.05, 0.1) is 23.4 Å². The molecule has 0 atom stereocenters. The Morgan fingerprint density at radius 2 is 2.06 bits per heavy atom. The molecule has 1 heterocycles. The van der Waals surface area contributed by atoms with E-state index in [0.29, 0.717) is 6.61 Å². The highest BCUT2D eigenvalue weighted by molar-refractivity contribution is 14.1. The molecule has 0 spiro atoms. The van der Waals surface area contributed by atoms with Crippen molar-refractivity contribution in [1.29, 1.82) is 0 Å². The minimum absolute atomic E-state index is 0.568. The maximum Gasteiger partial charge on any atom is 0.161 e. The third-order valence-electron chi connectivity index (χ3n) is 2.25. The van der Waals surface area contributed by atoms with E-state index < -0.39 is 0 Å². The quantitative estimate of drug-likeness (QED) is 0.783. The van der Waals surface area contributed by atoms with Crippen LogP contribution in [0.15, 0.2) is 36.7 Å². The molecule has 90 valence electrons. The molecule has 0 aliphatic heterocycles. The largest absolute Gasteiger partial charge is 0.493 e. The van der Waals surface area contributed by atoms with Crippen LogP contribution in [0.1, 0.15) is 0 Å². The molecule has 0 amide bonds. The van der Waals surface area contributed by atoms with E-state index in [1.54, 1.807) is 7.11 Å². The molecule has 0 fully saturated rings. The molecule has 4 nitrogen and oxygen atoms in total. The molecule has 0 unspecified atom stereocenters. The van der Waals surface area contributed by atoms with Crippen molar-refractivity contribution in [2.45, 2.75) is 6.54 Å². The predicted molar refractivity (Wildman–Crippen MR) is 73.4 cm³/mol. The SMILES string of the molecule is COc1ccccc1OCCn1cc(I)cn1. The van der Waals surface area contributed by atoms with Crippen LogP contribution < -0.4 is 9.47 Å². The van der Waals surface area contributed by atoms with Gasteiger partial charge in [-0.2, -0.15) is 5.10 Å². The number of methoxy groups -OCH3 is 1. The van der Waals surface area contributed by atoms with Gasteiger partial charge in [0, 0.05) is 6.20 Å². The summed E-state index contributed by atoms with van der Waals surface area (Å²) in [4.78, 5) is 0. The molecule has 0 radical (unpaired) electrons. The monoisotopic (exact) mass is 344 g/mol. The number of nitrogens with zero attached hydrogens (tertiary/aromatic N) is 2. The third-order valence-corrected chi connectivity index (χ3v) is 2.81. The minimum atomic E-state index is 0.568. The zero-order valence-corrected chi connectivity index (χ0v) is 11.6. The number of ether oxygens (including phenoxy) is 2. The molecule has 0 saturated carbocycles. The predicted octanol–water partition coefficient (Wildman–Crippen LogP) is 2.58. The lowest BCUT2D eigenvalue weighted by Crippen LogP contribution is -2.08. The van der Waals surface area contributed by atoms with Gasteiger partial charge in [-0.05, 0) is 34.7 Å². The Hall–Kier alpha value is -1.24. The van der Waals surface area contributed by atoms with Gasteiger partial charge in [0.15, 0.2) is 11.5 Å². The molecular weight excluding hydrogens is 331 g/mol. The van der Waals surface area contributed by atoms with E-state index >= 15 is 0 Å². The van der Waals surface area contributed by atoms with Crippen LogP contribution >= 0.6 is 22.6 Å². The van der Waals surface area contributed by atoms with Crippen LogP contribution in [0, 0.1) is 3.57 Å². The molecule has 0 aliphatic carbocycles. The second-order valence-electron chi connectivity index (χ2n) is 3.42. The maximum atomic E-state index is 5.65. The summed E-state index contributed by atoms with van der Waals surface area (Å²) < 4.78 is 13.8. The molecular formula is C12H13IN2O2. The summed E-state index contributed by atoms with van der Waals surface area (Å²) in [5.74, 6) is 1.51. The summed E-state index contributed by atoms with van der Waals surface area (Å²) in [6.07, 6.45) is 3.80. The van der Waals surface area contributed by atoms with Crippen LogP contribution in [0.25, 0.3) is 0 Å². The first kappa shape index (κ1) is 12.2. The van der Waals surface area contributed by atoms with Gasteiger partial charge in [-0.1, -0.05) is 12.1 Å². The second-order valence-corrected chi connectivity index (χ2v) is 4.67. The van der Waals surface area contributed by atoms with Gasteiger partial charge in [-0.3, -0.25) is 4.68 Å².